The van der Waals surface area contributed by atoms with Crippen LogP contribution in [0.5, 0.6) is 0 Å². The van der Waals surface area contributed by atoms with Gasteiger partial charge < -0.3 is 10.4 Å². The summed E-state index contributed by atoms with van der Waals surface area (Å²) in [6.07, 6.45) is -0.708. The van der Waals surface area contributed by atoms with Gasteiger partial charge in [-0.1, -0.05) is 40.9 Å². The fraction of sp³-hybridized carbons (Fsp3) is 0.143. The third-order valence-corrected chi connectivity index (χ3v) is 3.48. The zero-order chi connectivity index (χ0) is 13.8. The number of benzene rings is 2. The predicted molar refractivity (Wildman–Crippen MR) is 81.4 cm³/mol. The van der Waals surface area contributed by atoms with Gasteiger partial charge >= 0.3 is 0 Å². The smallest absolute Gasteiger partial charge is 0.0976 e. The molecule has 0 fully saturated rings. The Morgan fingerprint density at radius 3 is 2.21 bits per heavy atom. The molecule has 5 heteroatoms. The topological polar surface area (TPSA) is 32.3 Å². The largest absolute Gasteiger partial charge is 0.387 e. The molecule has 0 unspecified atom stereocenters. The molecule has 0 radical (unpaired) electrons. The summed E-state index contributed by atoms with van der Waals surface area (Å²) in [6, 6.07) is 12.3. The number of anilines is 1. The molecule has 2 rings (SSSR count). The number of hydrogen-bond acceptors (Lipinski definition) is 2. The van der Waals surface area contributed by atoms with Gasteiger partial charge in [0.15, 0.2) is 0 Å². The lowest BCUT2D eigenvalue weighted by Crippen LogP contribution is -2.12. The molecule has 0 aromatic heterocycles. The van der Waals surface area contributed by atoms with Crippen LogP contribution in [-0.2, 0) is 0 Å². The molecule has 2 aromatic rings. The van der Waals surface area contributed by atoms with E-state index < -0.39 is 6.10 Å². The van der Waals surface area contributed by atoms with Gasteiger partial charge in [-0.2, -0.15) is 0 Å². The van der Waals surface area contributed by atoms with Gasteiger partial charge in [-0.05, 0) is 36.4 Å². The third-order valence-electron chi connectivity index (χ3n) is 2.67. The first-order valence-corrected chi connectivity index (χ1v) is 6.82. The Kier molecular flexibility index (Phi) is 4.94. The third kappa shape index (κ3) is 4.02. The summed E-state index contributed by atoms with van der Waals surface area (Å²) in [4.78, 5) is 0. The lowest BCUT2D eigenvalue weighted by Gasteiger charge is -2.14. The maximum atomic E-state index is 10.1. The van der Waals surface area contributed by atoms with Crippen molar-refractivity contribution in [3.63, 3.8) is 0 Å². The van der Waals surface area contributed by atoms with E-state index in [-0.39, 0.29) is 0 Å². The first-order valence-electron chi connectivity index (χ1n) is 5.69. The summed E-state index contributed by atoms with van der Waals surface area (Å²) >= 11 is 17.7. The van der Waals surface area contributed by atoms with Crippen LogP contribution < -0.4 is 5.32 Å². The number of rotatable bonds is 4. The van der Waals surface area contributed by atoms with Crippen LogP contribution in [0.2, 0.25) is 15.1 Å². The standard InChI is InChI=1S/C14H12Cl3NO/c15-9-1-4-11(5-2-9)18-8-14(19)12-6-3-10(16)7-13(12)17/h1-7,14,18-19H,8H2/t14-/m0/s1. The molecule has 1 atom stereocenters. The fourth-order valence-corrected chi connectivity index (χ4v) is 2.32. The van der Waals surface area contributed by atoms with Gasteiger partial charge in [0, 0.05) is 32.9 Å². The first-order chi connectivity index (χ1) is 9.06. The van der Waals surface area contributed by atoms with Crippen LogP contribution in [0.15, 0.2) is 42.5 Å². The van der Waals surface area contributed by atoms with Crippen LogP contribution in [0.4, 0.5) is 5.69 Å². The van der Waals surface area contributed by atoms with Crippen LogP contribution in [0.1, 0.15) is 11.7 Å². The van der Waals surface area contributed by atoms with E-state index in [4.69, 9.17) is 34.8 Å². The maximum absolute atomic E-state index is 10.1. The molecule has 2 nitrogen and oxygen atoms in total. The van der Waals surface area contributed by atoms with E-state index in [1.165, 1.54) is 0 Å². The van der Waals surface area contributed by atoms with Crippen molar-refractivity contribution in [3.05, 3.63) is 63.1 Å². The lowest BCUT2D eigenvalue weighted by atomic mass is 10.1. The van der Waals surface area contributed by atoms with Crippen molar-refractivity contribution in [2.75, 3.05) is 11.9 Å². The minimum atomic E-state index is -0.708. The number of aliphatic hydroxyl groups excluding tert-OH is 1. The average molecular weight is 317 g/mol. The molecule has 2 aromatic carbocycles. The molecular formula is C14H12Cl3NO. The van der Waals surface area contributed by atoms with E-state index >= 15 is 0 Å². The summed E-state index contributed by atoms with van der Waals surface area (Å²) < 4.78 is 0. The molecule has 0 spiro atoms. The van der Waals surface area contributed by atoms with Crippen LogP contribution >= 0.6 is 34.8 Å². The molecule has 0 aliphatic carbocycles. The van der Waals surface area contributed by atoms with E-state index in [2.05, 4.69) is 5.32 Å². The van der Waals surface area contributed by atoms with Gasteiger partial charge in [0.05, 0.1) is 6.10 Å². The number of aliphatic hydroxyl groups is 1. The Balaban J connectivity index is 2.01. The van der Waals surface area contributed by atoms with Gasteiger partial charge in [0.25, 0.3) is 0 Å². The molecular weight excluding hydrogens is 305 g/mol. The second-order valence-electron chi connectivity index (χ2n) is 4.07. The summed E-state index contributed by atoms with van der Waals surface area (Å²) in [7, 11) is 0. The van der Waals surface area contributed by atoms with Crippen LogP contribution in [0.25, 0.3) is 0 Å². The summed E-state index contributed by atoms with van der Waals surface area (Å²) in [5.41, 5.74) is 1.53. The molecule has 100 valence electrons. The van der Waals surface area contributed by atoms with Crippen LogP contribution in [0.3, 0.4) is 0 Å². The van der Waals surface area contributed by atoms with Gasteiger partial charge in [0.2, 0.25) is 0 Å². The van der Waals surface area contributed by atoms with Gasteiger partial charge in [-0.25, -0.2) is 0 Å². The highest BCUT2D eigenvalue weighted by molar-refractivity contribution is 6.35. The Hall–Kier alpha value is -0.930. The first kappa shape index (κ1) is 14.5. The number of halogens is 3. The Morgan fingerprint density at radius 1 is 0.947 bits per heavy atom. The highest BCUT2D eigenvalue weighted by atomic mass is 35.5. The molecule has 0 aliphatic heterocycles. The summed E-state index contributed by atoms with van der Waals surface area (Å²) in [5.74, 6) is 0. The number of nitrogens with one attached hydrogen (secondary N) is 1. The van der Waals surface area contributed by atoms with Crippen molar-refractivity contribution >= 4 is 40.5 Å². The van der Waals surface area contributed by atoms with Crippen molar-refractivity contribution in [1.82, 2.24) is 0 Å². The normalized spacial score (nSPS) is 12.2. The van der Waals surface area contributed by atoms with E-state index in [1.54, 1.807) is 30.3 Å². The van der Waals surface area contributed by atoms with Crippen molar-refractivity contribution in [2.45, 2.75) is 6.10 Å². The molecule has 0 bridgehead atoms. The minimum absolute atomic E-state index is 0.350. The molecule has 0 saturated heterocycles. The van der Waals surface area contributed by atoms with E-state index in [1.807, 2.05) is 12.1 Å². The Morgan fingerprint density at radius 2 is 1.58 bits per heavy atom. The van der Waals surface area contributed by atoms with Crippen LogP contribution in [0, 0.1) is 0 Å². The maximum Gasteiger partial charge on any atom is 0.0976 e. The van der Waals surface area contributed by atoms with E-state index in [0.717, 1.165) is 5.69 Å². The number of hydrogen-bond donors (Lipinski definition) is 2. The highest BCUT2D eigenvalue weighted by Crippen LogP contribution is 2.26. The second-order valence-corrected chi connectivity index (χ2v) is 5.35. The minimum Gasteiger partial charge on any atom is -0.387 e. The molecule has 0 amide bonds. The van der Waals surface area contributed by atoms with E-state index in [0.29, 0.717) is 27.2 Å². The molecule has 19 heavy (non-hydrogen) atoms. The molecule has 0 heterocycles. The summed E-state index contributed by atoms with van der Waals surface area (Å²) in [6.45, 7) is 0.350. The molecule has 2 N–H and O–H groups in total. The van der Waals surface area contributed by atoms with Crippen molar-refractivity contribution in [3.8, 4) is 0 Å². The van der Waals surface area contributed by atoms with Gasteiger partial charge in [0.1, 0.15) is 0 Å². The van der Waals surface area contributed by atoms with Gasteiger partial charge in [-0.3, -0.25) is 0 Å². The summed E-state index contributed by atoms with van der Waals surface area (Å²) in [5, 5.41) is 14.9. The SMILES string of the molecule is O[C@@H](CNc1ccc(Cl)cc1)c1ccc(Cl)cc1Cl. The second kappa shape index (κ2) is 6.49. The van der Waals surface area contributed by atoms with Crippen molar-refractivity contribution in [1.29, 1.82) is 0 Å². The quantitative estimate of drug-likeness (QED) is 0.850. The Bertz CT molecular complexity index is 557. The lowest BCUT2D eigenvalue weighted by molar-refractivity contribution is 0.192. The average Bonchev–Trinajstić information content (AvgIpc) is 2.37. The van der Waals surface area contributed by atoms with E-state index in [9.17, 15) is 5.11 Å². The van der Waals surface area contributed by atoms with Crippen molar-refractivity contribution in [2.24, 2.45) is 0 Å². The van der Waals surface area contributed by atoms with Gasteiger partial charge in [-0.15, -0.1) is 0 Å². The van der Waals surface area contributed by atoms with Crippen LogP contribution in [-0.4, -0.2) is 11.7 Å². The molecule has 0 saturated carbocycles. The molecule has 0 aliphatic rings. The van der Waals surface area contributed by atoms with Crippen molar-refractivity contribution < 1.29 is 5.11 Å². The Labute approximate surface area is 126 Å². The monoisotopic (exact) mass is 315 g/mol. The predicted octanol–water partition coefficient (Wildman–Crippen LogP) is 4.79. The highest BCUT2D eigenvalue weighted by Gasteiger charge is 2.11. The fourth-order valence-electron chi connectivity index (χ4n) is 1.66. The zero-order valence-electron chi connectivity index (χ0n) is 9.91. The zero-order valence-corrected chi connectivity index (χ0v) is 12.2.